The SMILES string of the molecule is NC1(C(=O)Nc2cccc(Cn3ccnc3)c2)CC2CCC1CC2. The van der Waals surface area contributed by atoms with Crippen LogP contribution in [-0.4, -0.2) is 21.0 Å². The lowest BCUT2D eigenvalue weighted by molar-refractivity contribution is -0.127. The molecule has 24 heavy (non-hydrogen) atoms. The number of nitrogens with zero attached hydrogens (tertiary/aromatic N) is 2. The van der Waals surface area contributed by atoms with Crippen LogP contribution in [0.5, 0.6) is 0 Å². The van der Waals surface area contributed by atoms with Gasteiger partial charge in [0, 0.05) is 24.6 Å². The van der Waals surface area contributed by atoms with E-state index in [2.05, 4.69) is 16.4 Å². The Morgan fingerprint density at radius 2 is 2.17 bits per heavy atom. The van der Waals surface area contributed by atoms with Gasteiger partial charge in [0.05, 0.1) is 11.9 Å². The van der Waals surface area contributed by atoms with Crippen LogP contribution in [0.2, 0.25) is 0 Å². The molecule has 5 rings (SSSR count). The highest BCUT2D eigenvalue weighted by Crippen LogP contribution is 2.46. The fraction of sp³-hybridized carbons (Fsp3) is 0.474. The summed E-state index contributed by atoms with van der Waals surface area (Å²) in [4.78, 5) is 16.9. The second-order valence-corrected chi connectivity index (χ2v) is 7.35. The van der Waals surface area contributed by atoms with Crippen LogP contribution < -0.4 is 11.1 Å². The number of hydrogen-bond acceptors (Lipinski definition) is 3. The molecule has 3 fully saturated rings. The van der Waals surface area contributed by atoms with Gasteiger partial charge in [0.15, 0.2) is 0 Å². The van der Waals surface area contributed by atoms with Crippen molar-refractivity contribution in [2.45, 2.75) is 44.2 Å². The zero-order chi connectivity index (χ0) is 16.6. The van der Waals surface area contributed by atoms with Crippen LogP contribution in [0.15, 0.2) is 43.0 Å². The standard InChI is InChI=1S/C19H24N4O/c20-19(11-14-4-6-16(19)7-5-14)18(24)22-17-3-1-2-15(10-17)12-23-9-8-21-13-23/h1-3,8-10,13-14,16H,4-7,11-12,20H2,(H,22,24). The Labute approximate surface area is 142 Å². The molecule has 1 heterocycles. The Morgan fingerprint density at radius 3 is 2.83 bits per heavy atom. The average molecular weight is 324 g/mol. The minimum Gasteiger partial charge on any atom is -0.333 e. The summed E-state index contributed by atoms with van der Waals surface area (Å²) >= 11 is 0. The first-order valence-corrected chi connectivity index (χ1v) is 8.78. The molecular weight excluding hydrogens is 300 g/mol. The number of hydrogen-bond donors (Lipinski definition) is 2. The Kier molecular flexibility index (Phi) is 3.88. The molecule has 3 N–H and O–H groups in total. The Morgan fingerprint density at radius 1 is 1.33 bits per heavy atom. The van der Waals surface area contributed by atoms with Crippen molar-refractivity contribution in [1.82, 2.24) is 9.55 Å². The molecule has 1 unspecified atom stereocenters. The second kappa shape index (κ2) is 6.06. The van der Waals surface area contributed by atoms with Crippen LogP contribution in [0.4, 0.5) is 5.69 Å². The monoisotopic (exact) mass is 324 g/mol. The van der Waals surface area contributed by atoms with Crippen molar-refractivity contribution in [3.8, 4) is 0 Å². The fourth-order valence-corrected chi connectivity index (χ4v) is 4.39. The van der Waals surface area contributed by atoms with E-state index < -0.39 is 5.54 Å². The van der Waals surface area contributed by atoms with Gasteiger partial charge < -0.3 is 15.6 Å². The molecule has 3 saturated carbocycles. The third-order valence-corrected chi connectivity index (χ3v) is 5.73. The van der Waals surface area contributed by atoms with Gasteiger partial charge in [0.25, 0.3) is 0 Å². The molecule has 126 valence electrons. The molecule has 2 aromatic rings. The molecule has 1 aromatic heterocycles. The minimum absolute atomic E-state index is 0.0170. The summed E-state index contributed by atoms with van der Waals surface area (Å²) in [5.41, 5.74) is 7.82. The summed E-state index contributed by atoms with van der Waals surface area (Å²) in [6.07, 6.45) is 11.0. The number of imidazole rings is 1. The van der Waals surface area contributed by atoms with Gasteiger partial charge in [-0.1, -0.05) is 25.0 Å². The Hall–Kier alpha value is -2.14. The maximum Gasteiger partial charge on any atom is 0.244 e. The van der Waals surface area contributed by atoms with Gasteiger partial charge in [0.2, 0.25) is 5.91 Å². The van der Waals surface area contributed by atoms with Crippen LogP contribution >= 0.6 is 0 Å². The lowest BCUT2D eigenvalue weighted by Gasteiger charge is -2.48. The summed E-state index contributed by atoms with van der Waals surface area (Å²) in [6, 6.07) is 7.97. The minimum atomic E-state index is -0.693. The van der Waals surface area contributed by atoms with Crippen LogP contribution in [0.25, 0.3) is 0 Å². The Balaban J connectivity index is 1.48. The van der Waals surface area contributed by atoms with Gasteiger partial charge >= 0.3 is 0 Å². The van der Waals surface area contributed by atoms with Crippen molar-refractivity contribution >= 4 is 11.6 Å². The average Bonchev–Trinajstić information content (AvgIpc) is 3.09. The maximum atomic E-state index is 12.9. The fourth-order valence-electron chi connectivity index (χ4n) is 4.39. The number of fused-ring (bicyclic) bond motifs is 3. The number of carbonyl (C=O) groups is 1. The van der Waals surface area contributed by atoms with E-state index in [0.29, 0.717) is 11.8 Å². The number of benzene rings is 1. The van der Waals surface area contributed by atoms with Gasteiger partial charge in [-0.3, -0.25) is 4.79 Å². The molecule has 1 amide bonds. The van der Waals surface area contributed by atoms with E-state index in [1.807, 2.05) is 29.0 Å². The van der Waals surface area contributed by atoms with Gasteiger partial charge in [-0.25, -0.2) is 4.98 Å². The maximum absolute atomic E-state index is 12.9. The molecule has 0 spiro atoms. The molecule has 3 aliphatic carbocycles. The van der Waals surface area contributed by atoms with Crippen molar-refractivity contribution in [2.24, 2.45) is 17.6 Å². The predicted molar refractivity (Wildman–Crippen MR) is 93.4 cm³/mol. The molecule has 2 bridgehead atoms. The molecular formula is C19H24N4O. The topological polar surface area (TPSA) is 72.9 Å². The molecule has 5 nitrogen and oxygen atoms in total. The summed E-state index contributed by atoms with van der Waals surface area (Å²) in [6.45, 7) is 0.738. The second-order valence-electron chi connectivity index (χ2n) is 7.35. The molecule has 5 heteroatoms. The van der Waals surface area contributed by atoms with Crippen LogP contribution in [0.1, 0.15) is 37.7 Å². The van der Waals surface area contributed by atoms with E-state index in [1.165, 1.54) is 12.8 Å². The van der Waals surface area contributed by atoms with Gasteiger partial charge in [-0.2, -0.15) is 0 Å². The predicted octanol–water partition coefficient (Wildman–Crippen LogP) is 2.78. The normalized spacial score (nSPS) is 28.7. The van der Waals surface area contributed by atoms with E-state index in [-0.39, 0.29) is 5.91 Å². The first-order valence-electron chi connectivity index (χ1n) is 8.78. The summed E-state index contributed by atoms with van der Waals surface area (Å²) in [5, 5.41) is 3.07. The zero-order valence-corrected chi connectivity index (χ0v) is 13.8. The highest BCUT2D eigenvalue weighted by atomic mass is 16.2. The van der Waals surface area contributed by atoms with Gasteiger partial charge in [-0.05, 0) is 48.8 Å². The van der Waals surface area contributed by atoms with Gasteiger partial charge in [-0.15, -0.1) is 0 Å². The van der Waals surface area contributed by atoms with Crippen LogP contribution in [0.3, 0.4) is 0 Å². The molecule has 1 atom stereocenters. The molecule has 0 aliphatic heterocycles. The summed E-state index contributed by atoms with van der Waals surface area (Å²) in [5.74, 6) is 0.937. The molecule has 3 aliphatic rings. The Bertz CT molecular complexity index is 719. The third kappa shape index (κ3) is 2.84. The number of anilines is 1. The van der Waals surface area contributed by atoms with Crippen molar-refractivity contribution < 1.29 is 4.79 Å². The van der Waals surface area contributed by atoms with E-state index in [4.69, 9.17) is 5.73 Å². The van der Waals surface area contributed by atoms with Crippen LogP contribution in [-0.2, 0) is 11.3 Å². The molecule has 1 aromatic carbocycles. The van der Waals surface area contributed by atoms with Crippen molar-refractivity contribution in [1.29, 1.82) is 0 Å². The van der Waals surface area contributed by atoms with E-state index in [0.717, 1.165) is 37.1 Å². The number of rotatable bonds is 4. The number of nitrogens with two attached hydrogens (primary N) is 1. The van der Waals surface area contributed by atoms with Gasteiger partial charge in [0.1, 0.15) is 0 Å². The zero-order valence-electron chi connectivity index (χ0n) is 13.8. The number of nitrogens with one attached hydrogen (secondary N) is 1. The van der Waals surface area contributed by atoms with E-state index in [9.17, 15) is 4.79 Å². The first kappa shape index (κ1) is 15.4. The van der Waals surface area contributed by atoms with Crippen LogP contribution in [0, 0.1) is 11.8 Å². The number of amides is 1. The van der Waals surface area contributed by atoms with Crippen molar-refractivity contribution in [3.63, 3.8) is 0 Å². The summed E-state index contributed by atoms with van der Waals surface area (Å²) in [7, 11) is 0. The third-order valence-electron chi connectivity index (χ3n) is 5.73. The molecule has 0 radical (unpaired) electrons. The number of aromatic nitrogens is 2. The highest BCUT2D eigenvalue weighted by molar-refractivity contribution is 5.98. The number of carbonyl (C=O) groups excluding carboxylic acids is 1. The van der Waals surface area contributed by atoms with Crippen molar-refractivity contribution in [3.05, 3.63) is 48.5 Å². The summed E-state index contributed by atoms with van der Waals surface area (Å²) < 4.78 is 2.01. The first-order chi connectivity index (χ1) is 11.6. The van der Waals surface area contributed by atoms with Crippen molar-refractivity contribution in [2.75, 3.05) is 5.32 Å². The van der Waals surface area contributed by atoms with E-state index >= 15 is 0 Å². The highest BCUT2D eigenvalue weighted by Gasteiger charge is 2.49. The molecule has 0 saturated heterocycles. The quantitative estimate of drug-likeness (QED) is 0.908. The lowest BCUT2D eigenvalue weighted by Crippen LogP contribution is -2.61. The smallest absolute Gasteiger partial charge is 0.244 e. The largest absolute Gasteiger partial charge is 0.333 e. The van der Waals surface area contributed by atoms with E-state index in [1.54, 1.807) is 12.5 Å². The lowest BCUT2D eigenvalue weighted by atomic mass is 9.60.